The van der Waals surface area contributed by atoms with E-state index in [9.17, 15) is 9.59 Å². The fourth-order valence-electron chi connectivity index (χ4n) is 3.64. The molecule has 0 saturated carbocycles. The average molecular weight is 351 g/mol. The first-order chi connectivity index (χ1) is 11.4. The highest BCUT2D eigenvalue weighted by Gasteiger charge is 2.43. The molecule has 0 unspecified atom stereocenters. The Kier molecular flexibility index (Phi) is 4.78. The van der Waals surface area contributed by atoms with Gasteiger partial charge in [0.1, 0.15) is 0 Å². The quantitative estimate of drug-likeness (QED) is 0.770. The van der Waals surface area contributed by atoms with Gasteiger partial charge >= 0.3 is 0 Å². The van der Waals surface area contributed by atoms with Gasteiger partial charge in [0.05, 0.1) is 10.6 Å². The summed E-state index contributed by atoms with van der Waals surface area (Å²) >= 11 is 5.96. The first-order valence-corrected chi connectivity index (χ1v) is 8.64. The van der Waals surface area contributed by atoms with Crippen molar-refractivity contribution < 1.29 is 9.59 Å². The molecule has 0 aliphatic carbocycles. The van der Waals surface area contributed by atoms with Crippen LogP contribution in [0.1, 0.15) is 29.6 Å². The van der Waals surface area contributed by atoms with Crippen molar-refractivity contribution in [1.29, 1.82) is 0 Å². The molecule has 0 radical (unpaired) electrons. The van der Waals surface area contributed by atoms with Gasteiger partial charge in [0.25, 0.3) is 5.91 Å². The summed E-state index contributed by atoms with van der Waals surface area (Å²) in [6.45, 7) is 2.84. The van der Waals surface area contributed by atoms with Gasteiger partial charge in [0, 0.05) is 57.6 Å². The molecule has 2 fully saturated rings. The molecule has 0 bridgehead atoms. The molecule has 3 rings (SSSR count). The SMILES string of the molecule is CN1CC[C@]2(CCC1=O)CN(C(=O)c1cncc(Cl)c1)CCN2C. The van der Waals surface area contributed by atoms with Crippen molar-refractivity contribution >= 4 is 23.4 Å². The number of piperazine rings is 1. The van der Waals surface area contributed by atoms with Gasteiger partial charge in [-0.15, -0.1) is 0 Å². The number of likely N-dealkylation sites (tertiary alicyclic amines) is 1. The topological polar surface area (TPSA) is 56.8 Å². The van der Waals surface area contributed by atoms with Crippen LogP contribution in [0, 0.1) is 0 Å². The van der Waals surface area contributed by atoms with Gasteiger partial charge in [0.15, 0.2) is 0 Å². The molecule has 1 atom stereocenters. The van der Waals surface area contributed by atoms with E-state index in [0.717, 1.165) is 25.9 Å². The lowest BCUT2D eigenvalue weighted by Crippen LogP contribution is -2.62. The van der Waals surface area contributed by atoms with Crippen LogP contribution in [-0.4, -0.2) is 77.3 Å². The maximum absolute atomic E-state index is 12.8. The Morgan fingerprint density at radius 3 is 2.75 bits per heavy atom. The molecule has 6 nitrogen and oxygen atoms in total. The predicted molar refractivity (Wildman–Crippen MR) is 92.0 cm³/mol. The van der Waals surface area contributed by atoms with Crippen LogP contribution in [0.4, 0.5) is 0 Å². The maximum Gasteiger partial charge on any atom is 0.255 e. The molecular formula is C17H23ClN4O2. The van der Waals surface area contributed by atoms with E-state index in [0.29, 0.717) is 30.1 Å². The van der Waals surface area contributed by atoms with Crippen LogP contribution >= 0.6 is 11.6 Å². The predicted octanol–water partition coefficient (Wildman–Crippen LogP) is 1.50. The fraction of sp³-hybridized carbons (Fsp3) is 0.588. The number of carbonyl (C=O) groups is 2. The fourth-order valence-corrected chi connectivity index (χ4v) is 3.82. The van der Waals surface area contributed by atoms with Crippen LogP contribution < -0.4 is 0 Å². The third-order valence-electron chi connectivity index (χ3n) is 5.38. The number of nitrogens with zero attached hydrogens (tertiary/aromatic N) is 4. The molecule has 0 aromatic carbocycles. The molecule has 1 aromatic heterocycles. The second-order valence-electron chi connectivity index (χ2n) is 6.83. The van der Waals surface area contributed by atoms with Crippen molar-refractivity contribution in [3.05, 3.63) is 29.0 Å². The Morgan fingerprint density at radius 1 is 1.21 bits per heavy atom. The Balaban J connectivity index is 1.80. The molecule has 2 amide bonds. The largest absolute Gasteiger partial charge is 0.346 e. The van der Waals surface area contributed by atoms with E-state index in [2.05, 4.69) is 16.9 Å². The monoisotopic (exact) mass is 350 g/mol. The Morgan fingerprint density at radius 2 is 2.00 bits per heavy atom. The minimum absolute atomic E-state index is 0.0404. The summed E-state index contributed by atoms with van der Waals surface area (Å²) in [5.41, 5.74) is 0.379. The molecule has 0 N–H and O–H groups in total. The second kappa shape index (κ2) is 6.69. The first kappa shape index (κ1) is 17.2. The molecule has 2 aliphatic heterocycles. The normalized spacial score (nSPS) is 25.9. The van der Waals surface area contributed by atoms with Gasteiger partial charge in [-0.2, -0.15) is 0 Å². The Labute approximate surface area is 147 Å². The zero-order valence-electron chi connectivity index (χ0n) is 14.2. The second-order valence-corrected chi connectivity index (χ2v) is 7.27. The number of pyridine rings is 1. The number of carbonyl (C=O) groups excluding carboxylic acids is 2. The van der Waals surface area contributed by atoms with Crippen molar-refractivity contribution in [3.63, 3.8) is 0 Å². The molecular weight excluding hydrogens is 328 g/mol. The van der Waals surface area contributed by atoms with Crippen molar-refractivity contribution in [2.75, 3.05) is 40.3 Å². The van der Waals surface area contributed by atoms with E-state index >= 15 is 0 Å². The molecule has 2 saturated heterocycles. The van der Waals surface area contributed by atoms with Crippen LogP contribution in [-0.2, 0) is 4.79 Å². The van der Waals surface area contributed by atoms with E-state index in [4.69, 9.17) is 11.6 Å². The summed E-state index contributed by atoms with van der Waals surface area (Å²) < 4.78 is 0. The van der Waals surface area contributed by atoms with E-state index < -0.39 is 0 Å². The average Bonchev–Trinajstić information content (AvgIpc) is 2.71. The Hall–Kier alpha value is -1.66. The number of rotatable bonds is 1. The van der Waals surface area contributed by atoms with Crippen LogP contribution in [0.15, 0.2) is 18.5 Å². The van der Waals surface area contributed by atoms with Gasteiger partial charge in [-0.05, 0) is 26.0 Å². The van der Waals surface area contributed by atoms with Crippen molar-refractivity contribution in [3.8, 4) is 0 Å². The number of halogens is 1. The van der Waals surface area contributed by atoms with Gasteiger partial charge in [0.2, 0.25) is 5.91 Å². The number of likely N-dealkylation sites (N-methyl/N-ethyl adjacent to an activating group) is 1. The first-order valence-electron chi connectivity index (χ1n) is 8.26. The van der Waals surface area contributed by atoms with E-state index in [1.54, 1.807) is 17.2 Å². The zero-order chi connectivity index (χ0) is 17.3. The molecule has 130 valence electrons. The third kappa shape index (κ3) is 3.26. The van der Waals surface area contributed by atoms with Gasteiger partial charge < -0.3 is 9.80 Å². The van der Waals surface area contributed by atoms with Crippen LogP contribution in [0.5, 0.6) is 0 Å². The highest BCUT2D eigenvalue weighted by molar-refractivity contribution is 6.30. The molecule has 1 spiro atoms. The number of hydrogen-bond acceptors (Lipinski definition) is 4. The Bertz CT molecular complexity index is 653. The lowest BCUT2D eigenvalue weighted by Gasteiger charge is -2.49. The summed E-state index contributed by atoms with van der Waals surface area (Å²) in [7, 11) is 3.95. The minimum atomic E-state index is -0.139. The van der Waals surface area contributed by atoms with E-state index in [1.807, 2.05) is 11.9 Å². The molecule has 7 heteroatoms. The number of aromatic nitrogens is 1. The molecule has 2 aliphatic rings. The summed E-state index contributed by atoms with van der Waals surface area (Å²) in [4.78, 5) is 34.9. The van der Waals surface area contributed by atoms with Gasteiger partial charge in [-0.1, -0.05) is 11.6 Å². The number of hydrogen-bond donors (Lipinski definition) is 0. The highest BCUT2D eigenvalue weighted by Crippen LogP contribution is 2.32. The maximum atomic E-state index is 12.8. The van der Waals surface area contributed by atoms with E-state index in [1.165, 1.54) is 6.20 Å². The van der Waals surface area contributed by atoms with E-state index in [-0.39, 0.29) is 17.4 Å². The van der Waals surface area contributed by atoms with Crippen molar-refractivity contribution in [2.45, 2.75) is 24.8 Å². The van der Waals surface area contributed by atoms with Crippen molar-refractivity contribution in [1.82, 2.24) is 19.7 Å². The summed E-state index contributed by atoms with van der Waals surface area (Å²) in [6.07, 6.45) is 5.27. The third-order valence-corrected chi connectivity index (χ3v) is 5.59. The molecule has 3 heterocycles. The molecule has 1 aromatic rings. The highest BCUT2D eigenvalue weighted by atomic mass is 35.5. The van der Waals surface area contributed by atoms with Crippen LogP contribution in [0.3, 0.4) is 0 Å². The standard InChI is InChI=1S/C17H23ClN4O2/c1-20-6-5-17(4-3-15(20)23)12-22(8-7-21(17)2)16(24)13-9-14(18)11-19-10-13/h9-11H,3-8,12H2,1-2H3/t17-/m1/s1. The lowest BCUT2D eigenvalue weighted by atomic mass is 9.86. The van der Waals surface area contributed by atoms with Crippen LogP contribution in [0.25, 0.3) is 0 Å². The summed E-state index contributed by atoms with van der Waals surface area (Å²) in [5.74, 6) is 0.143. The van der Waals surface area contributed by atoms with Crippen molar-refractivity contribution in [2.24, 2.45) is 0 Å². The summed E-state index contributed by atoms with van der Waals surface area (Å²) in [6, 6.07) is 1.66. The molecule has 24 heavy (non-hydrogen) atoms. The summed E-state index contributed by atoms with van der Waals surface area (Å²) in [5, 5.41) is 0.464. The van der Waals surface area contributed by atoms with Crippen LogP contribution in [0.2, 0.25) is 5.02 Å². The van der Waals surface area contributed by atoms with Gasteiger partial charge in [-0.25, -0.2) is 0 Å². The smallest absolute Gasteiger partial charge is 0.255 e. The number of amides is 2. The minimum Gasteiger partial charge on any atom is -0.346 e. The lowest BCUT2D eigenvalue weighted by molar-refractivity contribution is -0.129. The van der Waals surface area contributed by atoms with Gasteiger partial charge in [-0.3, -0.25) is 19.5 Å². The zero-order valence-corrected chi connectivity index (χ0v) is 14.9.